The zero-order valence-corrected chi connectivity index (χ0v) is 14.1. The highest BCUT2D eigenvalue weighted by Gasteiger charge is 2.25. The highest BCUT2D eigenvalue weighted by molar-refractivity contribution is 7.98. The lowest BCUT2D eigenvalue weighted by Crippen LogP contribution is -2.20. The zero-order valence-electron chi connectivity index (χ0n) is 12.5. The summed E-state index contributed by atoms with van der Waals surface area (Å²) in [6.07, 6.45) is 3.37. The molecule has 0 N–H and O–H groups in total. The van der Waals surface area contributed by atoms with Crippen molar-refractivity contribution in [2.45, 2.75) is 17.9 Å². The number of ether oxygens (including phenoxy) is 1. The number of aromatic nitrogens is 2. The van der Waals surface area contributed by atoms with Gasteiger partial charge in [-0.15, -0.1) is 23.1 Å². The minimum atomic E-state index is -1.02. The molecule has 0 aliphatic rings. The number of aryl methyl sites for hydroxylation is 1. The van der Waals surface area contributed by atoms with Crippen LogP contribution in [0.3, 0.4) is 0 Å². The molecule has 118 valence electrons. The maximum atomic E-state index is 12.1. The van der Waals surface area contributed by atoms with Crippen molar-refractivity contribution in [2.24, 2.45) is 0 Å². The molecular formula is C15H13N3O3S2. The van der Waals surface area contributed by atoms with Gasteiger partial charge >= 0.3 is 5.97 Å². The Morgan fingerprint density at radius 2 is 2.30 bits per heavy atom. The van der Waals surface area contributed by atoms with E-state index in [1.807, 2.05) is 6.07 Å². The monoisotopic (exact) mass is 347 g/mol. The van der Waals surface area contributed by atoms with Crippen molar-refractivity contribution in [3.63, 3.8) is 0 Å². The van der Waals surface area contributed by atoms with Gasteiger partial charge in [0, 0.05) is 17.3 Å². The molecular weight excluding hydrogens is 334 g/mol. The van der Waals surface area contributed by atoms with Gasteiger partial charge in [0.15, 0.2) is 18.3 Å². The highest BCUT2D eigenvalue weighted by atomic mass is 32.2. The van der Waals surface area contributed by atoms with Crippen LogP contribution in [0.15, 0.2) is 28.7 Å². The van der Waals surface area contributed by atoms with Crippen molar-refractivity contribution in [2.75, 3.05) is 12.9 Å². The first-order valence-electron chi connectivity index (χ1n) is 6.57. The molecule has 2 aromatic rings. The number of hydrogen-bond donors (Lipinski definition) is 0. The molecule has 6 nitrogen and oxygen atoms in total. The van der Waals surface area contributed by atoms with Crippen molar-refractivity contribution in [3.05, 3.63) is 40.0 Å². The maximum Gasteiger partial charge on any atom is 0.341 e. The number of thiazole rings is 1. The van der Waals surface area contributed by atoms with E-state index < -0.39 is 24.3 Å². The van der Waals surface area contributed by atoms with E-state index in [4.69, 9.17) is 10.00 Å². The van der Waals surface area contributed by atoms with E-state index in [2.05, 4.69) is 9.97 Å². The molecule has 2 aromatic heterocycles. The van der Waals surface area contributed by atoms with E-state index in [0.717, 1.165) is 5.69 Å². The molecule has 0 amide bonds. The fourth-order valence-corrected chi connectivity index (χ4v) is 3.17. The van der Waals surface area contributed by atoms with Crippen molar-refractivity contribution in [3.8, 4) is 6.07 Å². The molecule has 1 atom stereocenters. The smallest absolute Gasteiger partial charge is 0.341 e. The Balaban J connectivity index is 2.03. The van der Waals surface area contributed by atoms with Crippen LogP contribution < -0.4 is 0 Å². The SMILES string of the molecule is CSc1ncccc1C(=O)OCC(=O)[C@@H](C#N)c1nc(C)cs1. The number of rotatable bonds is 6. The van der Waals surface area contributed by atoms with Crippen LogP contribution >= 0.6 is 23.1 Å². The van der Waals surface area contributed by atoms with Gasteiger partial charge in [-0.2, -0.15) is 5.26 Å². The Hall–Kier alpha value is -2.24. The quantitative estimate of drug-likeness (QED) is 0.585. The summed E-state index contributed by atoms with van der Waals surface area (Å²) in [5.41, 5.74) is 1.04. The van der Waals surface area contributed by atoms with E-state index >= 15 is 0 Å². The van der Waals surface area contributed by atoms with Crippen LogP contribution in [0.2, 0.25) is 0 Å². The van der Waals surface area contributed by atoms with Gasteiger partial charge in [0.05, 0.1) is 11.6 Å². The number of thioether (sulfide) groups is 1. The number of hydrogen-bond acceptors (Lipinski definition) is 8. The molecule has 2 heterocycles. The van der Waals surface area contributed by atoms with Crippen LogP contribution in [0.5, 0.6) is 0 Å². The number of nitriles is 1. The predicted molar refractivity (Wildman–Crippen MR) is 86.5 cm³/mol. The van der Waals surface area contributed by atoms with Crippen LogP contribution in [-0.2, 0) is 9.53 Å². The number of carbonyl (C=O) groups is 2. The average molecular weight is 347 g/mol. The van der Waals surface area contributed by atoms with Gasteiger partial charge < -0.3 is 4.74 Å². The maximum absolute atomic E-state index is 12.1. The third kappa shape index (κ3) is 4.15. The summed E-state index contributed by atoms with van der Waals surface area (Å²) < 4.78 is 5.03. The van der Waals surface area contributed by atoms with E-state index in [9.17, 15) is 9.59 Å². The fourth-order valence-electron chi connectivity index (χ4n) is 1.78. The Labute approximate surface area is 141 Å². The third-order valence-electron chi connectivity index (χ3n) is 2.86. The summed E-state index contributed by atoms with van der Waals surface area (Å²) in [5.74, 6) is -2.15. The lowest BCUT2D eigenvalue weighted by molar-refractivity contribution is -0.122. The lowest BCUT2D eigenvalue weighted by Gasteiger charge is -2.08. The number of pyridine rings is 1. The average Bonchev–Trinajstić information content (AvgIpc) is 2.99. The van der Waals surface area contributed by atoms with Gasteiger partial charge in [-0.05, 0) is 25.3 Å². The highest BCUT2D eigenvalue weighted by Crippen LogP contribution is 2.21. The van der Waals surface area contributed by atoms with E-state index in [-0.39, 0.29) is 0 Å². The van der Waals surface area contributed by atoms with Crippen molar-refractivity contribution in [1.29, 1.82) is 5.26 Å². The Morgan fingerprint density at radius 1 is 1.52 bits per heavy atom. The summed E-state index contributed by atoms with van der Waals surface area (Å²) in [6.45, 7) is 1.31. The van der Waals surface area contributed by atoms with Gasteiger partial charge in [-0.25, -0.2) is 14.8 Å². The molecule has 0 aliphatic heterocycles. The summed E-state index contributed by atoms with van der Waals surface area (Å²) in [5, 5.41) is 11.9. The minimum absolute atomic E-state index is 0.298. The van der Waals surface area contributed by atoms with E-state index in [0.29, 0.717) is 15.6 Å². The number of nitrogens with zero attached hydrogens (tertiary/aromatic N) is 3. The summed E-state index contributed by atoms with van der Waals surface area (Å²) in [4.78, 5) is 32.4. The molecule has 0 spiro atoms. The third-order valence-corrected chi connectivity index (χ3v) is 4.60. The van der Waals surface area contributed by atoms with E-state index in [1.165, 1.54) is 23.1 Å². The van der Waals surface area contributed by atoms with Crippen LogP contribution in [0.1, 0.15) is 27.0 Å². The normalized spacial score (nSPS) is 11.5. The Morgan fingerprint density at radius 3 is 2.91 bits per heavy atom. The van der Waals surface area contributed by atoms with Crippen LogP contribution in [0.25, 0.3) is 0 Å². The molecule has 23 heavy (non-hydrogen) atoms. The second-order valence-corrected chi connectivity index (χ2v) is 6.18. The van der Waals surface area contributed by atoms with E-state index in [1.54, 1.807) is 36.9 Å². The first-order chi connectivity index (χ1) is 11.1. The summed E-state index contributed by atoms with van der Waals surface area (Å²) in [7, 11) is 0. The Kier molecular flexibility index (Phi) is 5.84. The number of carbonyl (C=O) groups excluding carboxylic acids is 2. The minimum Gasteiger partial charge on any atom is -0.454 e. The van der Waals surface area contributed by atoms with Crippen LogP contribution in [0, 0.1) is 18.3 Å². The standard InChI is InChI=1S/C15H13N3O3S2/c1-9-8-23-14(18-9)11(6-16)12(19)7-21-15(20)10-4-3-5-17-13(10)22-2/h3-5,8,11H,7H2,1-2H3/t11-/m1/s1. The van der Waals surface area contributed by atoms with Crippen LogP contribution in [-0.4, -0.2) is 34.6 Å². The molecule has 0 radical (unpaired) electrons. The van der Waals surface area contributed by atoms with Gasteiger partial charge in [0.25, 0.3) is 0 Å². The number of esters is 1. The van der Waals surface area contributed by atoms with Gasteiger partial charge in [0.2, 0.25) is 0 Å². The predicted octanol–water partition coefficient (Wildman–Crippen LogP) is 2.60. The number of ketones is 1. The molecule has 0 bridgehead atoms. The molecule has 0 fully saturated rings. The number of Topliss-reactive ketones (excluding diaryl/α,β-unsaturated/α-hetero) is 1. The van der Waals surface area contributed by atoms with Crippen LogP contribution in [0.4, 0.5) is 0 Å². The summed E-state index contributed by atoms with van der Waals surface area (Å²) >= 11 is 2.55. The molecule has 2 rings (SSSR count). The van der Waals surface area contributed by atoms with Gasteiger partial charge in [0.1, 0.15) is 10.0 Å². The first-order valence-corrected chi connectivity index (χ1v) is 8.67. The zero-order chi connectivity index (χ0) is 16.8. The molecule has 0 aliphatic carbocycles. The molecule has 0 unspecified atom stereocenters. The van der Waals surface area contributed by atoms with Gasteiger partial charge in [-0.1, -0.05) is 0 Å². The topological polar surface area (TPSA) is 92.9 Å². The first kappa shape index (κ1) is 17.1. The fraction of sp³-hybridized carbons (Fsp3) is 0.267. The lowest BCUT2D eigenvalue weighted by atomic mass is 10.1. The second-order valence-electron chi connectivity index (χ2n) is 4.49. The largest absolute Gasteiger partial charge is 0.454 e. The van der Waals surface area contributed by atoms with Crippen molar-refractivity contribution >= 4 is 34.9 Å². The van der Waals surface area contributed by atoms with Gasteiger partial charge in [-0.3, -0.25) is 4.79 Å². The Bertz CT molecular complexity index is 767. The second kappa shape index (κ2) is 7.85. The molecule has 8 heteroatoms. The summed E-state index contributed by atoms with van der Waals surface area (Å²) in [6, 6.07) is 5.11. The van der Waals surface area contributed by atoms with Crippen molar-refractivity contribution < 1.29 is 14.3 Å². The molecule has 0 saturated carbocycles. The van der Waals surface area contributed by atoms with Crippen molar-refractivity contribution in [1.82, 2.24) is 9.97 Å². The molecule has 0 saturated heterocycles. The molecule has 0 aromatic carbocycles.